The van der Waals surface area contributed by atoms with E-state index in [-0.39, 0.29) is 30.2 Å². The highest BCUT2D eigenvalue weighted by atomic mass is 35.5. The summed E-state index contributed by atoms with van der Waals surface area (Å²) in [4.78, 5) is 24.7. The summed E-state index contributed by atoms with van der Waals surface area (Å²) in [6.45, 7) is -0.115. The lowest BCUT2D eigenvalue weighted by molar-refractivity contribution is 0.0829. The molecule has 1 aliphatic carbocycles. The van der Waals surface area contributed by atoms with Gasteiger partial charge < -0.3 is 21.5 Å². The number of benzene rings is 2. The first kappa shape index (κ1) is 20.0. The molecule has 1 saturated carbocycles. The number of hydrogen-bond acceptors (Lipinski definition) is 4. The van der Waals surface area contributed by atoms with Crippen molar-refractivity contribution in [3.63, 3.8) is 0 Å². The van der Waals surface area contributed by atoms with Crippen molar-refractivity contribution in [2.45, 2.75) is 31.5 Å². The Labute approximate surface area is 164 Å². The molecule has 0 spiro atoms. The van der Waals surface area contributed by atoms with Gasteiger partial charge in [-0.25, -0.2) is 8.78 Å². The average Bonchev–Trinajstić information content (AvgIpc) is 2.70. The van der Waals surface area contributed by atoms with E-state index < -0.39 is 28.3 Å². The largest absolute Gasteiger partial charge is 0.396 e. The van der Waals surface area contributed by atoms with Crippen LogP contribution in [0.1, 0.15) is 39.1 Å². The van der Waals surface area contributed by atoms with E-state index in [9.17, 15) is 18.4 Å². The second-order valence-electron chi connectivity index (χ2n) is 6.55. The summed E-state index contributed by atoms with van der Waals surface area (Å²) >= 11 is 5.72. The number of amides is 2. The minimum Gasteiger partial charge on any atom is -0.396 e. The van der Waals surface area contributed by atoms with Crippen molar-refractivity contribution in [2.24, 2.45) is 0 Å². The third-order valence-electron chi connectivity index (χ3n) is 4.73. The predicted molar refractivity (Wildman–Crippen MR) is 99.9 cm³/mol. The van der Waals surface area contributed by atoms with E-state index in [1.54, 1.807) is 24.3 Å². The van der Waals surface area contributed by atoms with Crippen LogP contribution in [0, 0.1) is 11.6 Å². The number of rotatable bonds is 5. The molecular weight excluding hydrogens is 392 g/mol. The number of carbonyl (C=O) groups excluding carboxylic acids is 2. The SMILES string of the molecule is Nc1cc(C(=O)NC2CCC2NC(=O)c2ccc(CO)cc2)c(Cl)c(F)c1F. The van der Waals surface area contributed by atoms with Gasteiger partial charge in [0.05, 0.1) is 22.9 Å². The maximum absolute atomic E-state index is 13.7. The van der Waals surface area contributed by atoms with Gasteiger partial charge in [-0.1, -0.05) is 23.7 Å². The van der Waals surface area contributed by atoms with E-state index in [1.165, 1.54) is 0 Å². The molecule has 2 amide bonds. The van der Waals surface area contributed by atoms with Crippen molar-refractivity contribution in [3.05, 3.63) is 63.7 Å². The topological polar surface area (TPSA) is 104 Å². The van der Waals surface area contributed by atoms with Crippen LogP contribution in [0.4, 0.5) is 14.5 Å². The number of anilines is 1. The van der Waals surface area contributed by atoms with Gasteiger partial charge in [0, 0.05) is 17.6 Å². The van der Waals surface area contributed by atoms with Crippen LogP contribution in [0.15, 0.2) is 30.3 Å². The second-order valence-corrected chi connectivity index (χ2v) is 6.93. The average molecular weight is 410 g/mol. The minimum atomic E-state index is -1.38. The van der Waals surface area contributed by atoms with Crippen LogP contribution in [0.2, 0.25) is 5.02 Å². The first-order valence-electron chi connectivity index (χ1n) is 8.56. The van der Waals surface area contributed by atoms with Crippen LogP contribution in [0.3, 0.4) is 0 Å². The zero-order valence-corrected chi connectivity index (χ0v) is 15.4. The summed E-state index contributed by atoms with van der Waals surface area (Å²) in [7, 11) is 0. The van der Waals surface area contributed by atoms with Gasteiger partial charge in [-0.15, -0.1) is 0 Å². The van der Waals surface area contributed by atoms with Gasteiger partial charge in [0.15, 0.2) is 11.6 Å². The maximum Gasteiger partial charge on any atom is 0.253 e. The Morgan fingerprint density at radius 3 is 2.18 bits per heavy atom. The molecule has 3 rings (SSSR count). The fourth-order valence-corrected chi connectivity index (χ4v) is 3.12. The lowest BCUT2D eigenvalue weighted by Gasteiger charge is -2.37. The summed E-state index contributed by atoms with van der Waals surface area (Å²) in [5.74, 6) is -3.70. The Bertz CT molecular complexity index is 922. The molecule has 0 radical (unpaired) electrons. The zero-order valence-electron chi connectivity index (χ0n) is 14.6. The standard InChI is InChI=1S/C19H18ClF2N3O3/c20-15-11(7-12(23)16(21)17(15)22)19(28)25-14-6-5-13(14)24-18(27)10-3-1-9(8-26)2-4-10/h1-4,7,13-14,26H,5-6,8,23H2,(H,24,27)(H,25,28). The molecule has 0 bridgehead atoms. The van der Waals surface area contributed by atoms with Crippen molar-refractivity contribution < 1.29 is 23.5 Å². The normalized spacial score (nSPS) is 18.3. The van der Waals surface area contributed by atoms with Crippen LogP contribution >= 0.6 is 11.6 Å². The summed E-state index contributed by atoms with van der Waals surface area (Å²) in [5, 5.41) is 13.9. The molecular formula is C19H18ClF2N3O3. The molecule has 5 N–H and O–H groups in total. The smallest absolute Gasteiger partial charge is 0.253 e. The first-order valence-corrected chi connectivity index (χ1v) is 8.94. The Hall–Kier alpha value is -2.71. The third-order valence-corrected chi connectivity index (χ3v) is 5.10. The van der Waals surface area contributed by atoms with Gasteiger partial charge in [0.1, 0.15) is 0 Å². The quantitative estimate of drug-likeness (QED) is 0.449. The van der Waals surface area contributed by atoms with Crippen LogP contribution < -0.4 is 16.4 Å². The highest BCUT2D eigenvalue weighted by Gasteiger charge is 2.34. The monoisotopic (exact) mass is 409 g/mol. The molecule has 1 aliphatic rings. The van der Waals surface area contributed by atoms with E-state index in [0.717, 1.165) is 6.07 Å². The van der Waals surface area contributed by atoms with Gasteiger partial charge in [-0.2, -0.15) is 0 Å². The van der Waals surface area contributed by atoms with E-state index in [2.05, 4.69) is 10.6 Å². The van der Waals surface area contributed by atoms with Gasteiger partial charge in [0.2, 0.25) is 0 Å². The summed E-state index contributed by atoms with van der Waals surface area (Å²) in [6, 6.07) is 6.77. The highest BCUT2D eigenvalue weighted by molar-refractivity contribution is 6.34. The highest BCUT2D eigenvalue weighted by Crippen LogP contribution is 2.28. The Morgan fingerprint density at radius 1 is 1.07 bits per heavy atom. The fraction of sp³-hybridized carbons (Fsp3) is 0.263. The Balaban J connectivity index is 1.64. The molecule has 2 aromatic rings. The van der Waals surface area contributed by atoms with Crippen molar-refractivity contribution in [1.29, 1.82) is 0 Å². The summed E-state index contributed by atoms with van der Waals surface area (Å²) in [6.07, 6.45) is 1.26. The second kappa shape index (κ2) is 8.12. The number of nitrogens with two attached hydrogens (primary N) is 1. The summed E-state index contributed by atoms with van der Waals surface area (Å²) in [5.41, 5.74) is 5.68. The van der Waals surface area contributed by atoms with Gasteiger partial charge in [-0.05, 0) is 36.6 Å². The molecule has 0 aliphatic heterocycles. The van der Waals surface area contributed by atoms with E-state index in [4.69, 9.17) is 22.4 Å². The molecule has 28 heavy (non-hydrogen) atoms. The van der Waals surface area contributed by atoms with Crippen molar-refractivity contribution in [3.8, 4) is 0 Å². The van der Waals surface area contributed by atoms with E-state index in [1.807, 2.05) is 0 Å². The number of carbonyl (C=O) groups is 2. The van der Waals surface area contributed by atoms with Crippen molar-refractivity contribution >= 4 is 29.1 Å². The van der Waals surface area contributed by atoms with Gasteiger partial charge in [-0.3, -0.25) is 9.59 Å². The number of aliphatic hydroxyl groups excluding tert-OH is 1. The van der Waals surface area contributed by atoms with Crippen LogP contribution in [-0.4, -0.2) is 29.0 Å². The molecule has 0 saturated heterocycles. The number of aliphatic hydroxyl groups is 1. The predicted octanol–water partition coefficient (Wildman–Crippen LogP) is 2.38. The third kappa shape index (κ3) is 3.93. The molecule has 2 unspecified atom stereocenters. The lowest BCUT2D eigenvalue weighted by atomic mass is 9.85. The molecule has 148 valence electrons. The molecule has 2 atom stereocenters. The van der Waals surface area contributed by atoms with Gasteiger partial charge in [0.25, 0.3) is 11.8 Å². The molecule has 0 heterocycles. The van der Waals surface area contributed by atoms with Gasteiger partial charge >= 0.3 is 0 Å². The van der Waals surface area contributed by atoms with E-state index in [0.29, 0.717) is 24.0 Å². The first-order chi connectivity index (χ1) is 13.3. The minimum absolute atomic E-state index is 0.115. The van der Waals surface area contributed by atoms with Crippen molar-refractivity contribution in [2.75, 3.05) is 5.73 Å². The Kier molecular flexibility index (Phi) is 5.81. The van der Waals surface area contributed by atoms with Crippen LogP contribution in [0.25, 0.3) is 0 Å². The Morgan fingerprint density at radius 2 is 1.64 bits per heavy atom. The molecule has 2 aromatic carbocycles. The number of hydrogen-bond donors (Lipinski definition) is 4. The number of nitrogen functional groups attached to an aromatic ring is 1. The van der Waals surface area contributed by atoms with Crippen LogP contribution in [0.5, 0.6) is 0 Å². The van der Waals surface area contributed by atoms with Crippen molar-refractivity contribution in [1.82, 2.24) is 10.6 Å². The lowest BCUT2D eigenvalue weighted by Crippen LogP contribution is -2.58. The molecule has 0 aromatic heterocycles. The zero-order chi connectivity index (χ0) is 20.4. The summed E-state index contributed by atoms with van der Waals surface area (Å²) < 4.78 is 27.1. The maximum atomic E-state index is 13.7. The molecule has 1 fully saturated rings. The number of halogens is 3. The fourth-order valence-electron chi connectivity index (χ4n) is 2.89. The number of nitrogens with one attached hydrogen (secondary N) is 2. The molecule has 9 heteroatoms. The van der Waals surface area contributed by atoms with E-state index >= 15 is 0 Å². The van der Waals surface area contributed by atoms with Crippen LogP contribution in [-0.2, 0) is 6.61 Å². The molecule has 6 nitrogen and oxygen atoms in total.